The summed E-state index contributed by atoms with van der Waals surface area (Å²) in [6, 6.07) is 4.53. The molecule has 0 bridgehead atoms. The molecule has 0 aliphatic rings. The van der Waals surface area contributed by atoms with Crippen LogP contribution >= 0.6 is 23.2 Å². The van der Waals surface area contributed by atoms with Gasteiger partial charge in [-0.3, -0.25) is 11.3 Å². The van der Waals surface area contributed by atoms with E-state index in [0.717, 1.165) is 5.56 Å². The molecule has 0 aromatic heterocycles. The monoisotopic (exact) mass is 316 g/mol. The van der Waals surface area contributed by atoms with Crippen molar-refractivity contribution in [2.75, 3.05) is 13.2 Å². The molecule has 0 spiro atoms. The van der Waals surface area contributed by atoms with Crippen LogP contribution in [0.2, 0.25) is 10.0 Å². The summed E-state index contributed by atoms with van der Waals surface area (Å²) in [5.41, 5.74) is 3.20. The molecule has 0 heterocycles. The van der Waals surface area contributed by atoms with Crippen molar-refractivity contribution >= 4 is 23.2 Å². The summed E-state index contributed by atoms with van der Waals surface area (Å²) >= 11 is 11.6. The number of ether oxygens (including phenoxy) is 1. The van der Waals surface area contributed by atoms with Crippen molar-refractivity contribution in [2.45, 2.75) is 18.6 Å². The molecule has 1 atom stereocenters. The highest BCUT2D eigenvalue weighted by Gasteiger charge is 2.27. The van der Waals surface area contributed by atoms with E-state index in [1.807, 2.05) is 0 Å². The summed E-state index contributed by atoms with van der Waals surface area (Å²) in [5, 5.41) is 0.794. The molecule has 1 aromatic carbocycles. The first kappa shape index (κ1) is 16.5. The molecule has 0 radical (unpaired) electrons. The molecule has 0 aliphatic carbocycles. The Bertz CT molecular complexity index is 415. The van der Waals surface area contributed by atoms with E-state index in [0.29, 0.717) is 16.5 Å². The highest BCUT2D eigenvalue weighted by molar-refractivity contribution is 6.42. The fraction of sp³-hybridized carbons (Fsp3) is 0.455. The Morgan fingerprint density at radius 1 is 1.26 bits per heavy atom. The molecule has 1 aromatic rings. The molecule has 8 heteroatoms. The number of hydrogen-bond acceptors (Lipinski definition) is 3. The standard InChI is InChI=1S/C11H13Cl2F3N2O/c12-9-2-1-7(4-10(9)13)3-8(18-17)5-19-6-11(14,15)16/h1-2,4,8,18H,3,5-6,17H2. The molecule has 0 fully saturated rings. The summed E-state index contributed by atoms with van der Waals surface area (Å²) in [5.74, 6) is 5.27. The number of hydrazine groups is 1. The van der Waals surface area contributed by atoms with E-state index in [4.69, 9.17) is 29.0 Å². The van der Waals surface area contributed by atoms with Gasteiger partial charge in [-0.15, -0.1) is 0 Å². The van der Waals surface area contributed by atoms with Crippen LogP contribution in [0, 0.1) is 0 Å². The first-order valence-corrected chi connectivity index (χ1v) is 6.12. The Balaban J connectivity index is 2.49. The number of nitrogens with one attached hydrogen (secondary N) is 1. The van der Waals surface area contributed by atoms with Gasteiger partial charge >= 0.3 is 6.18 Å². The molecule has 108 valence electrons. The maximum atomic E-state index is 11.9. The van der Waals surface area contributed by atoms with E-state index in [-0.39, 0.29) is 6.61 Å². The van der Waals surface area contributed by atoms with Crippen LogP contribution in [-0.2, 0) is 11.2 Å². The van der Waals surface area contributed by atoms with E-state index in [9.17, 15) is 13.2 Å². The second kappa shape index (κ2) is 7.31. The zero-order chi connectivity index (χ0) is 14.5. The minimum atomic E-state index is -4.34. The molecule has 0 saturated heterocycles. The molecule has 0 aliphatic heterocycles. The lowest BCUT2D eigenvalue weighted by atomic mass is 10.1. The summed E-state index contributed by atoms with van der Waals surface area (Å²) in [6.07, 6.45) is -3.96. The third-order valence-electron chi connectivity index (χ3n) is 2.29. The minimum Gasteiger partial charge on any atom is -0.370 e. The molecule has 3 N–H and O–H groups in total. The van der Waals surface area contributed by atoms with Gasteiger partial charge in [0, 0.05) is 6.04 Å². The van der Waals surface area contributed by atoms with E-state index in [1.54, 1.807) is 18.2 Å². The third kappa shape index (κ3) is 6.44. The van der Waals surface area contributed by atoms with Crippen molar-refractivity contribution in [1.82, 2.24) is 5.43 Å². The highest BCUT2D eigenvalue weighted by atomic mass is 35.5. The maximum Gasteiger partial charge on any atom is 0.411 e. The number of nitrogens with two attached hydrogens (primary N) is 1. The predicted octanol–water partition coefficient (Wildman–Crippen LogP) is 2.95. The lowest BCUT2D eigenvalue weighted by Gasteiger charge is -2.17. The molecular formula is C11H13Cl2F3N2O. The largest absolute Gasteiger partial charge is 0.411 e. The Kier molecular flexibility index (Phi) is 6.35. The van der Waals surface area contributed by atoms with Gasteiger partial charge in [0.05, 0.1) is 16.7 Å². The third-order valence-corrected chi connectivity index (χ3v) is 3.03. The first-order valence-electron chi connectivity index (χ1n) is 5.36. The Morgan fingerprint density at radius 2 is 1.95 bits per heavy atom. The van der Waals surface area contributed by atoms with Crippen LogP contribution < -0.4 is 11.3 Å². The fourth-order valence-corrected chi connectivity index (χ4v) is 1.75. The number of halogens is 5. The van der Waals surface area contributed by atoms with Crippen LogP contribution in [0.3, 0.4) is 0 Å². The topological polar surface area (TPSA) is 47.3 Å². The number of alkyl halides is 3. The van der Waals surface area contributed by atoms with Crippen LogP contribution in [0.25, 0.3) is 0 Å². The van der Waals surface area contributed by atoms with Gasteiger partial charge in [-0.05, 0) is 24.1 Å². The van der Waals surface area contributed by atoms with Crippen molar-refractivity contribution in [3.05, 3.63) is 33.8 Å². The first-order chi connectivity index (χ1) is 8.81. The molecule has 0 saturated carbocycles. The quantitative estimate of drug-likeness (QED) is 0.626. The van der Waals surface area contributed by atoms with Crippen LogP contribution in [-0.4, -0.2) is 25.4 Å². The molecular weight excluding hydrogens is 304 g/mol. The van der Waals surface area contributed by atoms with E-state index >= 15 is 0 Å². The summed E-state index contributed by atoms with van der Waals surface area (Å²) in [7, 11) is 0. The van der Waals surface area contributed by atoms with Gasteiger partial charge < -0.3 is 4.74 Å². The van der Waals surface area contributed by atoms with Crippen molar-refractivity contribution in [1.29, 1.82) is 0 Å². The maximum absolute atomic E-state index is 11.9. The normalized spacial score (nSPS) is 13.6. The van der Waals surface area contributed by atoms with Crippen molar-refractivity contribution < 1.29 is 17.9 Å². The van der Waals surface area contributed by atoms with Gasteiger partial charge in [-0.1, -0.05) is 29.3 Å². The van der Waals surface area contributed by atoms with Gasteiger partial charge in [-0.2, -0.15) is 13.2 Å². The lowest BCUT2D eigenvalue weighted by molar-refractivity contribution is -0.175. The van der Waals surface area contributed by atoms with E-state index in [2.05, 4.69) is 10.2 Å². The lowest BCUT2D eigenvalue weighted by Crippen LogP contribution is -2.41. The average molecular weight is 317 g/mol. The molecule has 19 heavy (non-hydrogen) atoms. The van der Waals surface area contributed by atoms with Gasteiger partial charge in [0.1, 0.15) is 6.61 Å². The van der Waals surface area contributed by atoms with Crippen molar-refractivity contribution in [2.24, 2.45) is 5.84 Å². The van der Waals surface area contributed by atoms with Crippen molar-refractivity contribution in [3.8, 4) is 0 Å². The molecule has 1 unspecified atom stereocenters. The van der Waals surface area contributed by atoms with Crippen LogP contribution in [0.15, 0.2) is 18.2 Å². The second-order valence-electron chi connectivity index (χ2n) is 3.95. The summed E-state index contributed by atoms with van der Waals surface area (Å²) in [6.45, 7) is -1.46. The van der Waals surface area contributed by atoms with E-state index in [1.165, 1.54) is 0 Å². The molecule has 3 nitrogen and oxygen atoms in total. The van der Waals surface area contributed by atoms with Crippen LogP contribution in [0.5, 0.6) is 0 Å². The zero-order valence-corrected chi connectivity index (χ0v) is 11.3. The smallest absolute Gasteiger partial charge is 0.370 e. The van der Waals surface area contributed by atoms with E-state index < -0.39 is 18.8 Å². The summed E-state index contributed by atoms with van der Waals surface area (Å²) in [4.78, 5) is 0. The van der Waals surface area contributed by atoms with Crippen LogP contribution in [0.1, 0.15) is 5.56 Å². The average Bonchev–Trinajstić information content (AvgIpc) is 2.31. The fourth-order valence-electron chi connectivity index (χ4n) is 1.43. The highest BCUT2D eigenvalue weighted by Crippen LogP contribution is 2.23. The van der Waals surface area contributed by atoms with Crippen molar-refractivity contribution in [3.63, 3.8) is 0 Å². The predicted molar refractivity (Wildman–Crippen MR) is 68.2 cm³/mol. The molecule has 1 rings (SSSR count). The second-order valence-corrected chi connectivity index (χ2v) is 4.76. The number of rotatable bonds is 6. The van der Waals surface area contributed by atoms with Gasteiger partial charge in [0.2, 0.25) is 0 Å². The number of hydrogen-bond donors (Lipinski definition) is 2. The Morgan fingerprint density at radius 3 is 2.47 bits per heavy atom. The minimum absolute atomic E-state index is 0.156. The summed E-state index contributed by atoms with van der Waals surface area (Å²) < 4.78 is 40.3. The SMILES string of the molecule is NNC(COCC(F)(F)F)Cc1ccc(Cl)c(Cl)c1. The number of benzene rings is 1. The van der Waals surface area contributed by atoms with Gasteiger partial charge in [0.15, 0.2) is 0 Å². The Hall–Kier alpha value is -0.530. The van der Waals surface area contributed by atoms with Gasteiger partial charge in [0.25, 0.3) is 0 Å². The Labute approximate surface area is 118 Å². The molecule has 0 amide bonds. The van der Waals surface area contributed by atoms with Gasteiger partial charge in [-0.25, -0.2) is 0 Å². The zero-order valence-electron chi connectivity index (χ0n) is 9.81. The van der Waals surface area contributed by atoms with Crippen LogP contribution in [0.4, 0.5) is 13.2 Å².